The molecule has 9 heteroatoms. The lowest BCUT2D eigenvalue weighted by molar-refractivity contribution is -0.130. The molecule has 0 radical (unpaired) electrons. The van der Waals surface area contributed by atoms with Gasteiger partial charge in [-0.2, -0.15) is 0 Å². The zero-order valence-electron chi connectivity index (χ0n) is 14.7. The first kappa shape index (κ1) is 20.5. The number of likely N-dealkylation sites (tertiary alicyclic amines) is 1. The number of aromatic amines is 1. The van der Waals surface area contributed by atoms with E-state index in [0.717, 1.165) is 31.5 Å². The Morgan fingerprint density at radius 1 is 1.42 bits per heavy atom. The molecule has 1 amide bonds. The van der Waals surface area contributed by atoms with E-state index in [1.54, 1.807) is 19.1 Å². The van der Waals surface area contributed by atoms with Gasteiger partial charge in [-0.3, -0.25) is 9.69 Å². The third-order valence-corrected chi connectivity index (χ3v) is 5.05. The SMILES string of the molecule is CC(=O)N1CCC(N(C)Cc2cc(-c3n[nH]c(=O)o3)ccc2Cl)CC1.Cl. The largest absolute Gasteiger partial charge is 0.434 e. The first-order valence-corrected chi connectivity index (χ1v) is 8.62. The van der Waals surface area contributed by atoms with E-state index in [1.807, 2.05) is 11.0 Å². The molecule has 0 spiro atoms. The average molecular weight is 401 g/mol. The summed E-state index contributed by atoms with van der Waals surface area (Å²) in [4.78, 5) is 26.7. The van der Waals surface area contributed by atoms with Crippen LogP contribution >= 0.6 is 24.0 Å². The van der Waals surface area contributed by atoms with Gasteiger partial charge in [0.15, 0.2) is 0 Å². The molecule has 0 unspecified atom stereocenters. The van der Waals surface area contributed by atoms with Gasteiger partial charge in [-0.05, 0) is 43.7 Å². The van der Waals surface area contributed by atoms with Crippen LogP contribution in [0, 0.1) is 0 Å². The molecule has 1 N–H and O–H groups in total. The predicted octanol–water partition coefficient (Wildman–Crippen LogP) is 2.55. The summed E-state index contributed by atoms with van der Waals surface area (Å²) in [5, 5.41) is 6.77. The number of rotatable bonds is 4. The Bertz CT molecular complexity index is 812. The summed E-state index contributed by atoms with van der Waals surface area (Å²) in [6.07, 6.45) is 1.89. The van der Waals surface area contributed by atoms with Crippen LogP contribution < -0.4 is 5.76 Å². The molecule has 1 aliphatic rings. The van der Waals surface area contributed by atoms with Crippen LogP contribution in [-0.2, 0) is 11.3 Å². The van der Waals surface area contributed by atoms with Crippen molar-refractivity contribution in [2.24, 2.45) is 0 Å². The van der Waals surface area contributed by atoms with Gasteiger partial charge in [0, 0.05) is 43.2 Å². The minimum atomic E-state index is -0.583. The summed E-state index contributed by atoms with van der Waals surface area (Å²) in [6.45, 7) is 3.86. The van der Waals surface area contributed by atoms with Crippen molar-refractivity contribution < 1.29 is 9.21 Å². The van der Waals surface area contributed by atoms with Crippen molar-refractivity contribution in [1.82, 2.24) is 20.0 Å². The van der Waals surface area contributed by atoms with Crippen LogP contribution in [-0.4, -0.2) is 52.1 Å². The zero-order valence-corrected chi connectivity index (χ0v) is 16.3. The van der Waals surface area contributed by atoms with E-state index in [1.165, 1.54) is 0 Å². The number of hydrogen-bond donors (Lipinski definition) is 1. The predicted molar refractivity (Wildman–Crippen MR) is 102 cm³/mol. The molecule has 3 rings (SSSR count). The fourth-order valence-electron chi connectivity index (χ4n) is 3.20. The van der Waals surface area contributed by atoms with Crippen molar-refractivity contribution in [3.8, 4) is 11.5 Å². The van der Waals surface area contributed by atoms with E-state index in [4.69, 9.17) is 16.0 Å². The first-order valence-electron chi connectivity index (χ1n) is 8.24. The number of piperidine rings is 1. The lowest BCUT2D eigenvalue weighted by Gasteiger charge is -2.36. The molecule has 1 fully saturated rings. The van der Waals surface area contributed by atoms with E-state index >= 15 is 0 Å². The Morgan fingerprint density at radius 2 is 2.12 bits per heavy atom. The third-order valence-electron chi connectivity index (χ3n) is 4.68. The van der Waals surface area contributed by atoms with Gasteiger partial charge in [0.1, 0.15) is 0 Å². The van der Waals surface area contributed by atoms with Crippen LogP contribution in [0.4, 0.5) is 0 Å². The molecule has 2 aromatic rings. The van der Waals surface area contributed by atoms with E-state index in [-0.39, 0.29) is 24.2 Å². The number of halogens is 2. The highest BCUT2D eigenvalue weighted by Crippen LogP contribution is 2.26. The fourth-order valence-corrected chi connectivity index (χ4v) is 3.38. The smallest absolute Gasteiger partial charge is 0.388 e. The summed E-state index contributed by atoms with van der Waals surface area (Å²) in [6, 6.07) is 5.85. The lowest BCUT2D eigenvalue weighted by Crippen LogP contribution is -2.44. The Morgan fingerprint density at radius 3 is 2.69 bits per heavy atom. The van der Waals surface area contributed by atoms with Gasteiger partial charge < -0.3 is 9.32 Å². The molecular formula is C17H22Cl2N4O3. The number of carbonyl (C=O) groups is 1. The monoisotopic (exact) mass is 400 g/mol. The van der Waals surface area contributed by atoms with E-state index < -0.39 is 5.76 Å². The number of H-pyrrole nitrogens is 1. The molecular weight excluding hydrogens is 379 g/mol. The second-order valence-electron chi connectivity index (χ2n) is 6.38. The molecule has 1 saturated heterocycles. The summed E-state index contributed by atoms with van der Waals surface area (Å²) in [7, 11) is 2.06. The van der Waals surface area contributed by atoms with Crippen LogP contribution in [0.2, 0.25) is 5.02 Å². The number of hydrogen-bond acceptors (Lipinski definition) is 5. The maximum Gasteiger partial charge on any atom is 0.434 e. The van der Waals surface area contributed by atoms with Gasteiger partial charge in [0.25, 0.3) is 0 Å². The molecule has 0 atom stereocenters. The highest BCUT2D eigenvalue weighted by atomic mass is 35.5. The molecule has 1 aromatic heterocycles. The van der Waals surface area contributed by atoms with Crippen LogP contribution in [0.5, 0.6) is 0 Å². The highest BCUT2D eigenvalue weighted by molar-refractivity contribution is 6.31. The van der Waals surface area contributed by atoms with Gasteiger partial charge in [-0.25, -0.2) is 9.89 Å². The van der Waals surface area contributed by atoms with Gasteiger partial charge in [-0.15, -0.1) is 17.5 Å². The van der Waals surface area contributed by atoms with Crippen molar-refractivity contribution in [3.63, 3.8) is 0 Å². The normalized spacial score (nSPS) is 15.2. The summed E-state index contributed by atoms with van der Waals surface area (Å²) in [5.74, 6) is -0.196. The molecule has 26 heavy (non-hydrogen) atoms. The summed E-state index contributed by atoms with van der Waals surface area (Å²) >= 11 is 6.34. The minimum absolute atomic E-state index is 0. The standard InChI is InChI=1S/C17H21ClN4O3.ClH/c1-11(23)22-7-5-14(6-8-22)21(2)10-13-9-12(3-4-15(13)18)16-19-20-17(24)25-16;/h3-4,9,14H,5-8,10H2,1-2H3,(H,20,24);1H. The van der Waals surface area contributed by atoms with Crippen LogP contribution in [0.15, 0.2) is 27.4 Å². The minimum Gasteiger partial charge on any atom is -0.388 e. The number of nitrogens with zero attached hydrogens (tertiary/aromatic N) is 3. The van der Waals surface area contributed by atoms with Crippen molar-refractivity contribution in [1.29, 1.82) is 0 Å². The third kappa shape index (κ3) is 4.66. The van der Waals surface area contributed by atoms with Crippen molar-refractivity contribution in [3.05, 3.63) is 39.3 Å². The van der Waals surface area contributed by atoms with E-state index in [9.17, 15) is 9.59 Å². The number of nitrogens with one attached hydrogen (secondary N) is 1. The number of aromatic nitrogens is 2. The maximum atomic E-state index is 11.4. The molecule has 0 bridgehead atoms. The lowest BCUT2D eigenvalue weighted by atomic mass is 10.0. The molecule has 7 nitrogen and oxygen atoms in total. The molecule has 1 aromatic carbocycles. The highest BCUT2D eigenvalue weighted by Gasteiger charge is 2.24. The average Bonchev–Trinajstić information content (AvgIpc) is 3.03. The second kappa shape index (κ2) is 8.70. The van der Waals surface area contributed by atoms with E-state index in [0.29, 0.717) is 23.2 Å². The van der Waals surface area contributed by atoms with Crippen molar-refractivity contribution >= 4 is 29.9 Å². The quantitative estimate of drug-likeness (QED) is 0.852. The van der Waals surface area contributed by atoms with E-state index in [2.05, 4.69) is 22.1 Å². The Labute approximate surface area is 162 Å². The van der Waals surface area contributed by atoms with Crippen LogP contribution in [0.3, 0.4) is 0 Å². The summed E-state index contributed by atoms with van der Waals surface area (Å²) in [5.41, 5.74) is 1.65. The first-order chi connectivity index (χ1) is 11.9. The van der Waals surface area contributed by atoms with Gasteiger partial charge >= 0.3 is 5.76 Å². The van der Waals surface area contributed by atoms with Crippen molar-refractivity contribution in [2.75, 3.05) is 20.1 Å². The van der Waals surface area contributed by atoms with Crippen LogP contribution in [0.1, 0.15) is 25.3 Å². The number of benzene rings is 1. The maximum absolute atomic E-state index is 11.4. The molecule has 0 aliphatic carbocycles. The molecule has 2 heterocycles. The Balaban J connectivity index is 0.00000243. The molecule has 0 saturated carbocycles. The molecule has 142 valence electrons. The number of carbonyl (C=O) groups excluding carboxylic acids is 1. The number of amides is 1. The van der Waals surface area contributed by atoms with Crippen molar-refractivity contribution in [2.45, 2.75) is 32.4 Å². The summed E-state index contributed by atoms with van der Waals surface area (Å²) < 4.78 is 5.00. The second-order valence-corrected chi connectivity index (χ2v) is 6.78. The Hall–Kier alpha value is -1.83. The Kier molecular flexibility index (Phi) is 6.86. The van der Waals surface area contributed by atoms with Gasteiger partial charge in [-0.1, -0.05) is 11.6 Å². The van der Waals surface area contributed by atoms with Crippen LogP contribution in [0.25, 0.3) is 11.5 Å². The zero-order chi connectivity index (χ0) is 18.0. The topological polar surface area (TPSA) is 82.4 Å². The van der Waals surface area contributed by atoms with Gasteiger partial charge in [0.2, 0.25) is 11.8 Å². The molecule has 1 aliphatic heterocycles. The van der Waals surface area contributed by atoms with Gasteiger partial charge in [0.05, 0.1) is 0 Å². The fraction of sp³-hybridized carbons (Fsp3) is 0.471.